The molecular formula is C26H29ClO2S. The maximum absolute atomic E-state index is 13.0. The van der Waals surface area contributed by atoms with Crippen molar-refractivity contribution < 1.29 is 9.21 Å². The number of fused-ring (bicyclic) bond motifs is 1. The summed E-state index contributed by atoms with van der Waals surface area (Å²) in [6, 6.07) is 9.79. The van der Waals surface area contributed by atoms with E-state index in [1.165, 1.54) is 18.2 Å². The number of hydrogen-bond acceptors (Lipinski definition) is 3. The van der Waals surface area contributed by atoms with Gasteiger partial charge in [-0.15, -0.1) is 0 Å². The van der Waals surface area contributed by atoms with Crippen LogP contribution in [0.5, 0.6) is 0 Å². The molecule has 4 rings (SSSR count). The third-order valence-electron chi connectivity index (χ3n) is 7.00. The Morgan fingerprint density at radius 1 is 1.17 bits per heavy atom. The molecule has 0 amide bonds. The van der Waals surface area contributed by atoms with Gasteiger partial charge >= 0.3 is 0 Å². The van der Waals surface area contributed by atoms with Crippen LogP contribution in [0.2, 0.25) is 5.02 Å². The standard InChI is InChI=1S/C26H29ClO2S/c1-17-16-21(28)23-25(2,3)13-7-14-26(23,4)19(17)11-10-18-12-15-29-24(18)30-22-9-6-5-8-20(22)27/h5-6,8-12,15-16,19,23H,7,13-14H2,1-4H3/b11-10+/t19-,23-,26+/m0/s1. The molecule has 2 aliphatic carbocycles. The summed E-state index contributed by atoms with van der Waals surface area (Å²) in [5.74, 6) is 0.619. The zero-order chi connectivity index (χ0) is 21.5. The van der Waals surface area contributed by atoms with Crippen LogP contribution in [0.25, 0.3) is 6.08 Å². The van der Waals surface area contributed by atoms with E-state index in [2.05, 4.69) is 39.8 Å². The van der Waals surface area contributed by atoms with Crippen molar-refractivity contribution in [2.24, 2.45) is 22.7 Å². The Morgan fingerprint density at radius 2 is 1.93 bits per heavy atom. The second kappa shape index (κ2) is 8.09. The molecule has 0 saturated heterocycles. The minimum Gasteiger partial charge on any atom is -0.457 e. The Kier molecular flexibility index (Phi) is 5.80. The first kappa shape index (κ1) is 21.5. The van der Waals surface area contributed by atoms with E-state index in [1.807, 2.05) is 36.4 Å². The molecule has 30 heavy (non-hydrogen) atoms. The van der Waals surface area contributed by atoms with Crippen LogP contribution in [0.3, 0.4) is 0 Å². The summed E-state index contributed by atoms with van der Waals surface area (Å²) < 4.78 is 5.76. The fourth-order valence-electron chi connectivity index (χ4n) is 5.78. The van der Waals surface area contributed by atoms with Gasteiger partial charge in [-0.2, -0.15) is 0 Å². The number of halogens is 1. The van der Waals surface area contributed by atoms with Gasteiger partial charge in [-0.3, -0.25) is 4.79 Å². The van der Waals surface area contributed by atoms with Crippen LogP contribution in [0.4, 0.5) is 0 Å². The minimum absolute atomic E-state index is 0.0358. The first-order chi connectivity index (χ1) is 14.2. The van der Waals surface area contributed by atoms with Crippen molar-refractivity contribution in [1.29, 1.82) is 0 Å². The molecule has 0 N–H and O–H groups in total. The Bertz CT molecular complexity index is 1020. The number of benzene rings is 1. The summed E-state index contributed by atoms with van der Waals surface area (Å²) in [7, 11) is 0. The molecule has 1 fully saturated rings. The lowest BCUT2D eigenvalue weighted by Gasteiger charge is -2.55. The molecule has 0 bridgehead atoms. The summed E-state index contributed by atoms with van der Waals surface area (Å²) in [4.78, 5) is 14.0. The van der Waals surface area contributed by atoms with E-state index >= 15 is 0 Å². The van der Waals surface area contributed by atoms with Gasteiger partial charge in [0.1, 0.15) is 0 Å². The summed E-state index contributed by atoms with van der Waals surface area (Å²) >= 11 is 7.86. The van der Waals surface area contributed by atoms with Crippen molar-refractivity contribution in [2.45, 2.75) is 56.9 Å². The number of furan rings is 1. The van der Waals surface area contributed by atoms with Crippen LogP contribution in [-0.2, 0) is 4.79 Å². The van der Waals surface area contributed by atoms with Crippen LogP contribution >= 0.6 is 23.4 Å². The Balaban J connectivity index is 1.64. The van der Waals surface area contributed by atoms with Gasteiger partial charge in [0.05, 0.1) is 11.3 Å². The zero-order valence-corrected chi connectivity index (χ0v) is 19.6. The summed E-state index contributed by atoms with van der Waals surface area (Å²) in [5.41, 5.74) is 2.19. The first-order valence-electron chi connectivity index (χ1n) is 10.6. The van der Waals surface area contributed by atoms with Gasteiger partial charge in [0.25, 0.3) is 0 Å². The molecule has 1 aromatic heterocycles. The van der Waals surface area contributed by atoms with Gasteiger partial charge in [-0.05, 0) is 66.6 Å². The fraction of sp³-hybridized carbons (Fsp3) is 0.423. The monoisotopic (exact) mass is 440 g/mol. The zero-order valence-electron chi connectivity index (χ0n) is 18.1. The Labute approximate surface area is 188 Å². The predicted molar refractivity (Wildman–Crippen MR) is 125 cm³/mol. The summed E-state index contributed by atoms with van der Waals surface area (Å²) in [6.45, 7) is 8.94. The lowest BCUT2D eigenvalue weighted by Crippen LogP contribution is -2.52. The smallest absolute Gasteiger partial charge is 0.172 e. The van der Waals surface area contributed by atoms with E-state index in [1.54, 1.807) is 6.26 Å². The van der Waals surface area contributed by atoms with E-state index in [-0.39, 0.29) is 22.7 Å². The van der Waals surface area contributed by atoms with Crippen molar-refractivity contribution in [1.82, 2.24) is 0 Å². The van der Waals surface area contributed by atoms with Gasteiger partial charge in [0.2, 0.25) is 0 Å². The van der Waals surface area contributed by atoms with Gasteiger partial charge in [0.15, 0.2) is 10.9 Å². The lowest BCUT2D eigenvalue weighted by molar-refractivity contribution is -0.134. The average molecular weight is 441 g/mol. The molecular weight excluding hydrogens is 412 g/mol. The molecule has 4 heteroatoms. The van der Waals surface area contributed by atoms with Gasteiger partial charge in [-0.25, -0.2) is 0 Å². The fourth-order valence-corrected chi connectivity index (χ4v) is 6.90. The third-order valence-corrected chi connectivity index (χ3v) is 8.53. The van der Waals surface area contributed by atoms with Crippen LogP contribution < -0.4 is 0 Å². The molecule has 1 heterocycles. The molecule has 0 spiro atoms. The molecule has 0 radical (unpaired) electrons. The molecule has 158 valence electrons. The van der Waals surface area contributed by atoms with E-state index in [4.69, 9.17) is 16.0 Å². The van der Waals surface area contributed by atoms with Crippen molar-refractivity contribution in [2.75, 3.05) is 0 Å². The molecule has 3 atom stereocenters. The van der Waals surface area contributed by atoms with Crippen LogP contribution in [0.15, 0.2) is 68.7 Å². The van der Waals surface area contributed by atoms with Crippen molar-refractivity contribution in [3.05, 3.63) is 64.9 Å². The normalized spacial score (nSPS) is 28.4. The van der Waals surface area contributed by atoms with Gasteiger partial charge < -0.3 is 4.42 Å². The quantitative estimate of drug-likeness (QED) is 0.481. The topological polar surface area (TPSA) is 30.2 Å². The number of allylic oxidation sites excluding steroid dienone is 3. The van der Waals surface area contributed by atoms with Crippen LogP contribution in [-0.4, -0.2) is 5.78 Å². The maximum Gasteiger partial charge on any atom is 0.172 e. The average Bonchev–Trinajstić information content (AvgIpc) is 3.09. The highest BCUT2D eigenvalue weighted by atomic mass is 35.5. The summed E-state index contributed by atoms with van der Waals surface area (Å²) in [6.07, 6.45) is 11.4. The highest BCUT2D eigenvalue weighted by Crippen LogP contribution is 2.59. The lowest BCUT2D eigenvalue weighted by atomic mass is 9.48. The number of ketones is 1. The summed E-state index contributed by atoms with van der Waals surface area (Å²) in [5, 5.41) is 1.55. The molecule has 1 saturated carbocycles. The van der Waals surface area contributed by atoms with E-state index < -0.39 is 0 Å². The number of rotatable bonds is 4. The minimum atomic E-state index is -0.0477. The molecule has 2 aromatic rings. The second-order valence-corrected chi connectivity index (χ2v) is 11.0. The van der Waals surface area contributed by atoms with Crippen molar-refractivity contribution in [3.8, 4) is 0 Å². The van der Waals surface area contributed by atoms with Crippen LogP contribution in [0, 0.1) is 22.7 Å². The van der Waals surface area contributed by atoms with Gasteiger partial charge in [0, 0.05) is 22.3 Å². The molecule has 2 aliphatic rings. The van der Waals surface area contributed by atoms with E-state index in [9.17, 15) is 4.79 Å². The van der Waals surface area contributed by atoms with Crippen LogP contribution in [0.1, 0.15) is 52.5 Å². The molecule has 2 nitrogen and oxygen atoms in total. The largest absolute Gasteiger partial charge is 0.457 e. The Morgan fingerprint density at radius 3 is 2.70 bits per heavy atom. The first-order valence-corrected chi connectivity index (χ1v) is 11.8. The van der Waals surface area contributed by atoms with Gasteiger partial charge in [-0.1, -0.05) is 68.7 Å². The van der Waals surface area contributed by atoms with E-state index in [0.717, 1.165) is 39.0 Å². The number of hydrogen-bond donors (Lipinski definition) is 0. The number of carbonyl (C=O) groups is 1. The van der Waals surface area contributed by atoms with E-state index in [0.29, 0.717) is 5.78 Å². The predicted octanol–water partition coefficient (Wildman–Crippen LogP) is 8.08. The van der Waals surface area contributed by atoms with Crippen molar-refractivity contribution in [3.63, 3.8) is 0 Å². The SMILES string of the molecule is CC1=CC(=O)[C@H]2C(C)(C)CCC[C@]2(C)[C@H]1/C=C/c1ccoc1Sc1ccccc1Cl. The highest BCUT2D eigenvalue weighted by molar-refractivity contribution is 7.99. The Hall–Kier alpha value is -1.71. The molecule has 0 unspecified atom stereocenters. The molecule has 0 aliphatic heterocycles. The number of carbonyl (C=O) groups excluding carboxylic acids is 1. The maximum atomic E-state index is 13.0. The highest BCUT2D eigenvalue weighted by Gasteiger charge is 2.54. The third kappa shape index (κ3) is 3.83. The van der Waals surface area contributed by atoms with Crippen molar-refractivity contribution >= 4 is 35.2 Å². The molecule has 1 aromatic carbocycles. The second-order valence-electron chi connectivity index (χ2n) is 9.60.